The van der Waals surface area contributed by atoms with E-state index in [1.165, 1.54) is 18.5 Å². The van der Waals surface area contributed by atoms with Gasteiger partial charge < -0.3 is 9.47 Å². The zero-order valence-corrected chi connectivity index (χ0v) is 11.3. The molecule has 1 aliphatic rings. The number of carbonyl (C=O) groups excluding carboxylic acids is 1. The first kappa shape index (κ1) is 12.9. The van der Waals surface area contributed by atoms with Crippen molar-refractivity contribution < 1.29 is 4.79 Å². The average molecular weight is 246 g/mol. The quantitative estimate of drug-likeness (QED) is 0.736. The topological polar surface area (TPSA) is 25.2 Å². The summed E-state index contributed by atoms with van der Waals surface area (Å²) in [4.78, 5) is 14.2. The fraction of sp³-hybridized carbons (Fsp3) is 0.533. The van der Waals surface area contributed by atoms with E-state index in [2.05, 4.69) is 29.9 Å². The van der Waals surface area contributed by atoms with Crippen LogP contribution in [0.25, 0.3) is 0 Å². The molecule has 3 nitrogen and oxygen atoms in total. The molecule has 1 atom stereocenters. The van der Waals surface area contributed by atoms with Crippen LogP contribution >= 0.6 is 0 Å². The van der Waals surface area contributed by atoms with Gasteiger partial charge in [0, 0.05) is 25.5 Å². The maximum Gasteiger partial charge on any atom is 0.246 e. The maximum absolute atomic E-state index is 12.2. The summed E-state index contributed by atoms with van der Waals surface area (Å²) in [5.41, 5.74) is 1.25. The van der Waals surface area contributed by atoms with E-state index in [0.717, 1.165) is 19.4 Å². The van der Waals surface area contributed by atoms with E-state index >= 15 is 0 Å². The van der Waals surface area contributed by atoms with Crippen LogP contribution in [0.5, 0.6) is 0 Å². The molecule has 3 heteroatoms. The molecular weight excluding hydrogens is 224 g/mol. The predicted octanol–water partition coefficient (Wildman–Crippen LogP) is 3.04. The van der Waals surface area contributed by atoms with Gasteiger partial charge in [-0.3, -0.25) is 4.79 Å². The van der Waals surface area contributed by atoms with E-state index in [9.17, 15) is 4.79 Å². The van der Waals surface area contributed by atoms with Crippen molar-refractivity contribution >= 4 is 5.91 Å². The predicted molar refractivity (Wildman–Crippen MR) is 73.1 cm³/mol. The van der Waals surface area contributed by atoms with Gasteiger partial charge in [-0.1, -0.05) is 18.9 Å². The average Bonchev–Trinajstić information content (AvgIpc) is 2.64. The lowest BCUT2D eigenvalue weighted by Crippen LogP contribution is -2.34. The number of rotatable bonds is 2. The summed E-state index contributed by atoms with van der Waals surface area (Å²) in [7, 11) is 2.05. The number of amides is 1. The van der Waals surface area contributed by atoms with Crippen LogP contribution in [0, 0.1) is 0 Å². The Kier molecular flexibility index (Phi) is 4.24. The highest BCUT2D eigenvalue weighted by molar-refractivity contribution is 5.87. The number of hydrogen-bond acceptors (Lipinski definition) is 1. The Morgan fingerprint density at radius 3 is 2.89 bits per heavy atom. The van der Waals surface area contributed by atoms with Gasteiger partial charge in [-0.05, 0) is 38.0 Å². The van der Waals surface area contributed by atoms with Crippen molar-refractivity contribution in [1.29, 1.82) is 0 Å². The Labute approximate surface area is 109 Å². The van der Waals surface area contributed by atoms with Gasteiger partial charge in [0.05, 0.1) is 6.04 Å². The summed E-state index contributed by atoms with van der Waals surface area (Å²) >= 11 is 0. The second kappa shape index (κ2) is 5.89. The van der Waals surface area contributed by atoms with Crippen LogP contribution in [-0.4, -0.2) is 21.9 Å². The smallest absolute Gasteiger partial charge is 0.246 e. The van der Waals surface area contributed by atoms with E-state index in [1.807, 2.05) is 17.9 Å². The van der Waals surface area contributed by atoms with Crippen molar-refractivity contribution in [2.45, 2.75) is 38.6 Å². The first-order valence-electron chi connectivity index (χ1n) is 6.78. The molecule has 1 unspecified atom stereocenters. The lowest BCUT2D eigenvalue weighted by atomic mass is 10.1. The van der Waals surface area contributed by atoms with Crippen molar-refractivity contribution in [2.75, 3.05) is 6.54 Å². The van der Waals surface area contributed by atoms with Crippen LogP contribution in [0.15, 0.2) is 30.5 Å². The zero-order valence-electron chi connectivity index (χ0n) is 11.3. The summed E-state index contributed by atoms with van der Waals surface area (Å²) in [5.74, 6) is 0.144. The van der Waals surface area contributed by atoms with Crippen molar-refractivity contribution in [2.24, 2.45) is 7.05 Å². The lowest BCUT2D eigenvalue weighted by molar-refractivity contribution is -0.128. The molecule has 1 fully saturated rings. The van der Waals surface area contributed by atoms with Crippen molar-refractivity contribution in [3.63, 3.8) is 0 Å². The van der Waals surface area contributed by atoms with Gasteiger partial charge in [-0.2, -0.15) is 0 Å². The molecule has 0 saturated carbocycles. The Bertz CT molecular complexity index is 433. The number of nitrogens with zero attached hydrogens (tertiary/aromatic N) is 2. The normalized spacial score (nSPS) is 21.2. The van der Waals surface area contributed by atoms with E-state index in [-0.39, 0.29) is 11.9 Å². The molecule has 0 N–H and O–H groups in total. The molecular formula is C15H22N2O. The van der Waals surface area contributed by atoms with Crippen molar-refractivity contribution in [3.05, 3.63) is 36.2 Å². The molecule has 0 aromatic carbocycles. The SMILES string of the molecule is CC=CC(=O)N1CCCCCC1c1cccn1C. The van der Waals surface area contributed by atoms with Gasteiger partial charge >= 0.3 is 0 Å². The maximum atomic E-state index is 12.2. The Morgan fingerprint density at radius 2 is 2.22 bits per heavy atom. The first-order chi connectivity index (χ1) is 8.74. The van der Waals surface area contributed by atoms with Crippen LogP contribution in [-0.2, 0) is 11.8 Å². The van der Waals surface area contributed by atoms with Gasteiger partial charge in [0.1, 0.15) is 0 Å². The molecule has 1 aromatic heterocycles. The number of aryl methyl sites for hydroxylation is 1. The van der Waals surface area contributed by atoms with Gasteiger partial charge in [-0.15, -0.1) is 0 Å². The molecule has 1 aliphatic heterocycles. The number of aromatic nitrogens is 1. The fourth-order valence-corrected chi connectivity index (χ4v) is 2.74. The standard InChI is InChI=1S/C15H22N2O/c1-3-8-15(18)17-12-6-4-5-9-14(17)13-10-7-11-16(13)2/h3,7-8,10-11,14H,4-6,9,12H2,1-2H3. The summed E-state index contributed by atoms with van der Waals surface area (Å²) in [6, 6.07) is 4.42. The molecule has 1 amide bonds. The number of likely N-dealkylation sites (tertiary alicyclic amines) is 1. The van der Waals surface area contributed by atoms with Crippen molar-refractivity contribution in [1.82, 2.24) is 9.47 Å². The Hall–Kier alpha value is -1.51. The van der Waals surface area contributed by atoms with Crippen LogP contribution < -0.4 is 0 Å². The van der Waals surface area contributed by atoms with E-state index in [4.69, 9.17) is 0 Å². The minimum absolute atomic E-state index is 0.144. The highest BCUT2D eigenvalue weighted by atomic mass is 16.2. The van der Waals surface area contributed by atoms with Crippen LogP contribution in [0.4, 0.5) is 0 Å². The molecule has 18 heavy (non-hydrogen) atoms. The molecule has 98 valence electrons. The van der Waals surface area contributed by atoms with E-state index < -0.39 is 0 Å². The highest BCUT2D eigenvalue weighted by Crippen LogP contribution is 2.30. The molecule has 0 radical (unpaired) electrons. The van der Waals surface area contributed by atoms with Gasteiger partial charge in [0.2, 0.25) is 5.91 Å². The summed E-state index contributed by atoms with van der Waals surface area (Å²) < 4.78 is 2.13. The van der Waals surface area contributed by atoms with E-state index in [0.29, 0.717) is 0 Å². The summed E-state index contributed by atoms with van der Waals surface area (Å²) in [5, 5.41) is 0. The van der Waals surface area contributed by atoms with E-state index in [1.54, 1.807) is 6.08 Å². The first-order valence-corrected chi connectivity index (χ1v) is 6.78. The van der Waals surface area contributed by atoms with Crippen LogP contribution in [0.2, 0.25) is 0 Å². The number of hydrogen-bond donors (Lipinski definition) is 0. The van der Waals surface area contributed by atoms with Gasteiger partial charge in [0.25, 0.3) is 0 Å². The fourth-order valence-electron chi connectivity index (χ4n) is 2.74. The molecule has 1 saturated heterocycles. The molecule has 2 rings (SSSR count). The molecule has 2 heterocycles. The molecule has 0 aliphatic carbocycles. The number of allylic oxidation sites excluding steroid dienone is 1. The summed E-state index contributed by atoms with van der Waals surface area (Å²) in [6.07, 6.45) is 10.2. The monoisotopic (exact) mass is 246 g/mol. The lowest BCUT2D eigenvalue weighted by Gasteiger charge is -2.29. The molecule has 1 aromatic rings. The zero-order chi connectivity index (χ0) is 13.0. The molecule has 0 spiro atoms. The number of carbonyl (C=O) groups is 1. The largest absolute Gasteiger partial charge is 0.353 e. The van der Waals surface area contributed by atoms with Crippen LogP contribution in [0.1, 0.15) is 44.3 Å². The second-order valence-electron chi connectivity index (χ2n) is 4.94. The minimum Gasteiger partial charge on any atom is -0.353 e. The summed E-state index contributed by atoms with van der Waals surface area (Å²) in [6.45, 7) is 2.77. The third-order valence-corrected chi connectivity index (χ3v) is 3.67. The highest BCUT2D eigenvalue weighted by Gasteiger charge is 2.26. The Morgan fingerprint density at radius 1 is 1.39 bits per heavy atom. The Balaban J connectivity index is 2.27. The van der Waals surface area contributed by atoms with Gasteiger partial charge in [-0.25, -0.2) is 0 Å². The van der Waals surface area contributed by atoms with Gasteiger partial charge in [0.15, 0.2) is 0 Å². The third kappa shape index (κ3) is 2.66. The minimum atomic E-state index is 0.144. The van der Waals surface area contributed by atoms with Crippen molar-refractivity contribution in [3.8, 4) is 0 Å². The van der Waals surface area contributed by atoms with Crippen LogP contribution in [0.3, 0.4) is 0 Å². The molecule has 0 bridgehead atoms. The third-order valence-electron chi connectivity index (χ3n) is 3.67. The second-order valence-corrected chi connectivity index (χ2v) is 4.94.